The number of aliphatic hydroxyl groups is 1. The Hall–Kier alpha value is -2.14. The van der Waals surface area contributed by atoms with Gasteiger partial charge in [0.05, 0.1) is 17.0 Å². The highest BCUT2D eigenvalue weighted by atomic mass is 35.5. The van der Waals surface area contributed by atoms with Gasteiger partial charge in [0.2, 0.25) is 5.91 Å². The summed E-state index contributed by atoms with van der Waals surface area (Å²) in [7, 11) is 0. The molecule has 1 aliphatic rings. The Kier molecular flexibility index (Phi) is 5.44. The maximum atomic E-state index is 12.3. The lowest BCUT2D eigenvalue weighted by Crippen LogP contribution is -2.30. The minimum absolute atomic E-state index is 0.0506. The number of rotatable bonds is 3. The molecule has 1 aromatic rings. The topological polar surface area (TPSA) is 78.8 Å². The number of nitrogens with one attached hydrogen (secondary N) is 1. The fourth-order valence-electron chi connectivity index (χ4n) is 2.28. The summed E-state index contributed by atoms with van der Waals surface area (Å²) in [5, 5.41) is 13.4. The molecule has 24 heavy (non-hydrogen) atoms. The van der Waals surface area contributed by atoms with Crippen LogP contribution in [0.25, 0.3) is 0 Å². The fraction of sp³-hybridized carbons (Fsp3) is 0.389. The molecule has 0 aliphatic heterocycles. The highest BCUT2D eigenvalue weighted by molar-refractivity contribution is 6.30. The van der Waals surface area contributed by atoms with E-state index in [9.17, 15) is 14.7 Å². The first-order valence-corrected chi connectivity index (χ1v) is 8.10. The Balaban J connectivity index is 2.08. The number of aliphatic imine (C=N–C) groups is 1. The van der Waals surface area contributed by atoms with E-state index in [-0.39, 0.29) is 41.4 Å². The van der Waals surface area contributed by atoms with Crippen LogP contribution in [0.3, 0.4) is 0 Å². The minimum Gasteiger partial charge on any atom is -0.511 e. The van der Waals surface area contributed by atoms with E-state index in [1.54, 1.807) is 24.3 Å². The van der Waals surface area contributed by atoms with Crippen molar-refractivity contribution in [3.05, 3.63) is 40.6 Å². The van der Waals surface area contributed by atoms with Crippen molar-refractivity contribution >= 4 is 35.2 Å². The number of aliphatic hydroxyl groups excluding tert-OH is 1. The summed E-state index contributed by atoms with van der Waals surface area (Å²) < 4.78 is 0. The number of carbonyl (C=O) groups excluding carboxylic acids is 2. The molecular weight excluding hydrogens is 328 g/mol. The number of Topliss-reactive ketones (excluding diaryl/α,β-unsaturated/α-hetero) is 1. The summed E-state index contributed by atoms with van der Waals surface area (Å²) in [5.41, 5.74) is 0.456. The lowest BCUT2D eigenvalue weighted by Gasteiger charge is -2.22. The Labute approximate surface area is 146 Å². The second-order valence-electron chi connectivity index (χ2n) is 6.81. The molecule has 0 fully saturated rings. The van der Waals surface area contributed by atoms with Gasteiger partial charge >= 0.3 is 0 Å². The Morgan fingerprint density at radius 2 is 1.92 bits per heavy atom. The van der Waals surface area contributed by atoms with Crippen molar-refractivity contribution in [1.29, 1.82) is 0 Å². The Morgan fingerprint density at radius 1 is 1.29 bits per heavy atom. The first-order chi connectivity index (χ1) is 11.2. The van der Waals surface area contributed by atoms with E-state index in [1.807, 2.05) is 20.8 Å². The molecule has 1 aromatic carbocycles. The van der Waals surface area contributed by atoms with E-state index in [2.05, 4.69) is 10.3 Å². The Morgan fingerprint density at radius 3 is 2.46 bits per heavy atom. The lowest BCUT2D eigenvalue weighted by atomic mass is 9.86. The molecule has 0 saturated carbocycles. The van der Waals surface area contributed by atoms with Gasteiger partial charge in [-0.1, -0.05) is 11.6 Å². The van der Waals surface area contributed by atoms with Gasteiger partial charge in [0.15, 0.2) is 5.78 Å². The van der Waals surface area contributed by atoms with Crippen LogP contribution < -0.4 is 5.32 Å². The van der Waals surface area contributed by atoms with Gasteiger partial charge in [-0.15, -0.1) is 0 Å². The zero-order chi connectivity index (χ0) is 17.9. The summed E-state index contributed by atoms with van der Waals surface area (Å²) in [4.78, 5) is 28.8. The highest BCUT2D eigenvalue weighted by Gasteiger charge is 2.31. The number of carbonyl (C=O) groups is 2. The fourth-order valence-corrected chi connectivity index (χ4v) is 2.40. The molecule has 2 N–H and O–H groups in total. The average Bonchev–Trinajstić information content (AvgIpc) is 2.47. The maximum absolute atomic E-state index is 12.3. The van der Waals surface area contributed by atoms with Crippen molar-refractivity contribution in [2.45, 2.75) is 39.2 Å². The van der Waals surface area contributed by atoms with E-state index < -0.39 is 5.92 Å². The molecule has 6 heteroatoms. The van der Waals surface area contributed by atoms with Crippen molar-refractivity contribution in [3.63, 3.8) is 0 Å². The summed E-state index contributed by atoms with van der Waals surface area (Å²) in [6.45, 7) is 5.70. The van der Waals surface area contributed by atoms with E-state index in [0.29, 0.717) is 10.7 Å². The number of allylic oxidation sites excluding steroid dienone is 2. The van der Waals surface area contributed by atoms with E-state index in [1.165, 1.54) is 6.21 Å². The number of anilines is 1. The second-order valence-corrected chi connectivity index (χ2v) is 7.25. The molecule has 0 spiro atoms. The van der Waals surface area contributed by atoms with Gasteiger partial charge in [-0.05, 0) is 45.0 Å². The summed E-state index contributed by atoms with van der Waals surface area (Å²) in [6.07, 6.45) is 1.58. The third-order valence-corrected chi connectivity index (χ3v) is 3.80. The van der Waals surface area contributed by atoms with Gasteiger partial charge in [0, 0.05) is 29.8 Å². The van der Waals surface area contributed by atoms with Crippen LogP contribution in [-0.4, -0.2) is 28.6 Å². The van der Waals surface area contributed by atoms with Crippen LogP contribution in [0.1, 0.15) is 33.6 Å². The van der Waals surface area contributed by atoms with Crippen LogP contribution in [0.15, 0.2) is 40.6 Å². The average molecular weight is 349 g/mol. The smallest absolute Gasteiger partial charge is 0.228 e. The number of nitrogens with zero attached hydrogens (tertiary/aromatic N) is 1. The number of benzene rings is 1. The minimum atomic E-state index is -0.597. The molecule has 1 aliphatic carbocycles. The summed E-state index contributed by atoms with van der Waals surface area (Å²) >= 11 is 5.80. The molecule has 0 aromatic heterocycles. The third kappa shape index (κ3) is 4.93. The van der Waals surface area contributed by atoms with Crippen LogP contribution in [0, 0.1) is 5.92 Å². The molecule has 0 bridgehead atoms. The van der Waals surface area contributed by atoms with Crippen LogP contribution in [0.5, 0.6) is 0 Å². The van der Waals surface area contributed by atoms with Crippen molar-refractivity contribution in [3.8, 4) is 0 Å². The van der Waals surface area contributed by atoms with Gasteiger partial charge in [-0.3, -0.25) is 14.6 Å². The van der Waals surface area contributed by atoms with Gasteiger partial charge in [0.1, 0.15) is 5.76 Å². The van der Waals surface area contributed by atoms with Gasteiger partial charge in [-0.2, -0.15) is 0 Å². The maximum Gasteiger partial charge on any atom is 0.228 e. The number of halogens is 1. The summed E-state index contributed by atoms with van der Waals surface area (Å²) in [6, 6.07) is 6.70. The molecule has 0 saturated heterocycles. The molecule has 5 nitrogen and oxygen atoms in total. The standard InChI is InChI=1S/C18H21ClN2O3/c1-18(2,3)20-10-14-15(22)8-11(9-16(14)23)17(24)21-13-6-4-12(19)5-7-13/h4-7,10-11,22H,8-9H2,1-3H3,(H,21,24). The first kappa shape index (κ1) is 18.2. The van der Waals surface area contributed by atoms with Gasteiger partial charge in [0.25, 0.3) is 0 Å². The quantitative estimate of drug-likeness (QED) is 0.812. The van der Waals surface area contributed by atoms with Crippen LogP contribution in [-0.2, 0) is 9.59 Å². The zero-order valence-corrected chi connectivity index (χ0v) is 14.7. The molecule has 0 heterocycles. The van der Waals surface area contributed by atoms with Crippen molar-refractivity contribution in [2.75, 3.05) is 5.32 Å². The van der Waals surface area contributed by atoms with Crippen molar-refractivity contribution in [1.82, 2.24) is 0 Å². The van der Waals surface area contributed by atoms with E-state index >= 15 is 0 Å². The molecule has 1 amide bonds. The first-order valence-electron chi connectivity index (χ1n) is 7.72. The monoisotopic (exact) mass is 348 g/mol. The van der Waals surface area contributed by atoms with Crippen molar-refractivity contribution < 1.29 is 14.7 Å². The Bertz CT molecular complexity index is 700. The highest BCUT2D eigenvalue weighted by Crippen LogP contribution is 2.27. The molecular formula is C18H21ClN2O3. The third-order valence-electron chi connectivity index (χ3n) is 3.55. The van der Waals surface area contributed by atoms with E-state index in [4.69, 9.17) is 11.6 Å². The predicted octanol–water partition coefficient (Wildman–Crippen LogP) is 3.94. The molecule has 1 atom stereocenters. The molecule has 0 radical (unpaired) electrons. The SMILES string of the molecule is CC(C)(C)N=CC1=C(O)CC(C(=O)Nc2ccc(Cl)cc2)CC1=O. The molecule has 128 valence electrons. The molecule has 1 unspecified atom stereocenters. The van der Waals surface area contributed by atoms with Crippen LogP contribution in [0.2, 0.25) is 5.02 Å². The summed E-state index contributed by atoms with van der Waals surface area (Å²) in [5.74, 6) is -1.26. The van der Waals surface area contributed by atoms with Gasteiger partial charge in [-0.25, -0.2) is 0 Å². The largest absolute Gasteiger partial charge is 0.511 e. The normalized spacial score (nSPS) is 19.0. The lowest BCUT2D eigenvalue weighted by molar-refractivity contribution is -0.125. The number of hydrogen-bond donors (Lipinski definition) is 2. The van der Waals surface area contributed by atoms with Gasteiger partial charge < -0.3 is 10.4 Å². The number of amides is 1. The molecule has 2 rings (SSSR count). The van der Waals surface area contributed by atoms with Crippen LogP contribution in [0.4, 0.5) is 5.69 Å². The predicted molar refractivity (Wildman–Crippen MR) is 95.7 cm³/mol. The second kappa shape index (κ2) is 7.18. The number of ketones is 1. The zero-order valence-electron chi connectivity index (χ0n) is 14.0. The number of hydrogen-bond acceptors (Lipinski definition) is 4. The van der Waals surface area contributed by atoms with E-state index in [0.717, 1.165) is 0 Å². The van der Waals surface area contributed by atoms with Crippen LogP contribution >= 0.6 is 11.6 Å². The van der Waals surface area contributed by atoms with Crippen molar-refractivity contribution in [2.24, 2.45) is 10.9 Å².